The van der Waals surface area contributed by atoms with Crippen LogP contribution in [0.25, 0.3) is 0 Å². The average molecular weight is 176 g/mol. The van der Waals surface area contributed by atoms with Crippen molar-refractivity contribution in [1.29, 1.82) is 0 Å². The highest BCUT2D eigenvalue weighted by Crippen LogP contribution is 2.14. The van der Waals surface area contributed by atoms with Crippen molar-refractivity contribution in [3.8, 4) is 0 Å². The number of carbonyl (C=O) groups is 1. The molecule has 13 heavy (non-hydrogen) atoms. The SMILES string of the molecule is O=CNC1Cc2ccccc2CN1. The lowest BCUT2D eigenvalue weighted by Gasteiger charge is -2.25. The molecule has 1 atom stereocenters. The highest BCUT2D eigenvalue weighted by atomic mass is 16.1. The summed E-state index contributed by atoms with van der Waals surface area (Å²) in [7, 11) is 0. The van der Waals surface area contributed by atoms with Crippen LogP contribution in [0, 0.1) is 0 Å². The molecule has 1 aliphatic heterocycles. The maximum absolute atomic E-state index is 10.2. The zero-order chi connectivity index (χ0) is 9.10. The first-order valence-electron chi connectivity index (χ1n) is 4.40. The Kier molecular flexibility index (Phi) is 2.27. The summed E-state index contributed by atoms with van der Waals surface area (Å²) < 4.78 is 0. The number of hydrogen-bond acceptors (Lipinski definition) is 2. The van der Waals surface area contributed by atoms with E-state index in [-0.39, 0.29) is 6.17 Å². The van der Waals surface area contributed by atoms with Crippen molar-refractivity contribution in [3.63, 3.8) is 0 Å². The van der Waals surface area contributed by atoms with Gasteiger partial charge in [0, 0.05) is 13.0 Å². The van der Waals surface area contributed by atoms with Crippen LogP contribution in [0.15, 0.2) is 24.3 Å². The maximum Gasteiger partial charge on any atom is 0.208 e. The quantitative estimate of drug-likeness (QED) is 0.641. The Hall–Kier alpha value is -1.35. The second kappa shape index (κ2) is 3.58. The molecule has 2 rings (SSSR count). The molecule has 1 unspecified atom stereocenters. The summed E-state index contributed by atoms with van der Waals surface area (Å²) in [5.74, 6) is 0. The van der Waals surface area contributed by atoms with Crippen LogP contribution in [0.3, 0.4) is 0 Å². The molecule has 0 bridgehead atoms. The van der Waals surface area contributed by atoms with E-state index in [2.05, 4.69) is 22.8 Å². The monoisotopic (exact) mass is 176 g/mol. The lowest BCUT2D eigenvalue weighted by molar-refractivity contribution is -0.110. The number of carbonyl (C=O) groups excluding carboxylic acids is 1. The largest absolute Gasteiger partial charge is 0.343 e. The normalized spacial score (nSPS) is 20.5. The number of hydrogen-bond donors (Lipinski definition) is 2. The lowest BCUT2D eigenvalue weighted by atomic mass is 9.99. The van der Waals surface area contributed by atoms with Gasteiger partial charge in [-0.15, -0.1) is 0 Å². The van der Waals surface area contributed by atoms with Crippen molar-refractivity contribution in [2.24, 2.45) is 0 Å². The van der Waals surface area contributed by atoms with Gasteiger partial charge in [-0.1, -0.05) is 24.3 Å². The fourth-order valence-electron chi connectivity index (χ4n) is 1.65. The number of benzene rings is 1. The van der Waals surface area contributed by atoms with Crippen LogP contribution < -0.4 is 10.6 Å². The Bertz CT molecular complexity index is 312. The van der Waals surface area contributed by atoms with Crippen molar-refractivity contribution >= 4 is 6.41 Å². The average Bonchev–Trinajstić information content (AvgIpc) is 2.18. The van der Waals surface area contributed by atoms with E-state index in [0.29, 0.717) is 0 Å². The van der Waals surface area contributed by atoms with E-state index in [1.54, 1.807) is 0 Å². The fourth-order valence-corrected chi connectivity index (χ4v) is 1.65. The lowest BCUT2D eigenvalue weighted by Crippen LogP contribution is -2.45. The van der Waals surface area contributed by atoms with E-state index in [1.165, 1.54) is 11.1 Å². The van der Waals surface area contributed by atoms with Gasteiger partial charge in [0.1, 0.15) is 0 Å². The molecule has 1 aromatic carbocycles. The van der Waals surface area contributed by atoms with Crippen molar-refractivity contribution in [2.45, 2.75) is 19.1 Å². The number of rotatable bonds is 2. The Morgan fingerprint density at radius 2 is 2.15 bits per heavy atom. The van der Waals surface area contributed by atoms with Crippen LogP contribution in [-0.2, 0) is 17.8 Å². The fraction of sp³-hybridized carbons (Fsp3) is 0.300. The van der Waals surface area contributed by atoms with Crippen LogP contribution in [0.5, 0.6) is 0 Å². The third-order valence-corrected chi connectivity index (χ3v) is 2.35. The van der Waals surface area contributed by atoms with E-state index < -0.39 is 0 Å². The first kappa shape index (κ1) is 8.26. The van der Waals surface area contributed by atoms with Gasteiger partial charge in [-0.3, -0.25) is 10.1 Å². The number of fused-ring (bicyclic) bond motifs is 1. The predicted molar refractivity (Wildman–Crippen MR) is 50.0 cm³/mol. The Morgan fingerprint density at radius 1 is 1.38 bits per heavy atom. The molecule has 0 saturated carbocycles. The van der Waals surface area contributed by atoms with Crippen molar-refractivity contribution in [3.05, 3.63) is 35.4 Å². The molecule has 68 valence electrons. The first-order chi connectivity index (χ1) is 6.40. The summed E-state index contributed by atoms with van der Waals surface area (Å²) in [5.41, 5.74) is 2.65. The van der Waals surface area contributed by atoms with Gasteiger partial charge in [-0.05, 0) is 11.1 Å². The highest BCUT2D eigenvalue weighted by molar-refractivity contribution is 5.47. The molecule has 0 spiro atoms. The van der Waals surface area contributed by atoms with Crippen molar-refractivity contribution in [2.75, 3.05) is 0 Å². The summed E-state index contributed by atoms with van der Waals surface area (Å²) in [6, 6.07) is 8.28. The molecule has 2 N–H and O–H groups in total. The molecule has 3 nitrogen and oxygen atoms in total. The summed E-state index contributed by atoms with van der Waals surface area (Å²) in [6.45, 7) is 0.835. The third-order valence-electron chi connectivity index (χ3n) is 2.35. The smallest absolute Gasteiger partial charge is 0.208 e. The van der Waals surface area contributed by atoms with Gasteiger partial charge < -0.3 is 5.32 Å². The van der Waals surface area contributed by atoms with E-state index in [1.807, 2.05) is 12.1 Å². The van der Waals surface area contributed by atoms with Crippen LogP contribution >= 0.6 is 0 Å². The Balaban J connectivity index is 2.15. The van der Waals surface area contributed by atoms with Gasteiger partial charge in [-0.2, -0.15) is 0 Å². The molecule has 0 fully saturated rings. The standard InChI is InChI=1S/C10H12N2O/c13-7-12-10-5-8-3-1-2-4-9(8)6-11-10/h1-4,7,10-11H,5-6H2,(H,12,13). The molecular formula is C10H12N2O. The zero-order valence-corrected chi connectivity index (χ0v) is 7.29. The van der Waals surface area contributed by atoms with E-state index in [4.69, 9.17) is 0 Å². The minimum atomic E-state index is 0.0902. The Morgan fingerprint density at radius 3 is 2.92 bits per heavy atom. The molecule has 1 amide bonds. The topological polar surface area (TPSA) is 41.1 Å². The van der Waals surface area contributed by atoms with E-state index in [9.17, 15) is 4.79 Å². The molecule has 1 aliphatic rings. The minimum Gasteiger partial charge on any atom is -0.343 e. The molecule has 1 aromatic rings. The van der Waals surface area contributed by atoms with Crippen LogP contribution in [0.2, 0.25) is 0 Å². The van der Waals surface area contributed by atoms with Crippen molar-refractivity contribution in [1.82, 2.24) is 10.6 Å². The second-order valence-electron chi connectivity index (χ2n) is 3.19. The molecule has 0 saturated heterocycles. The summed E-state index contributed by atoms with van der Waals surface area (Å²) in [4.78, 5) is 10.2. The van der Waals surface area contributed by atoms with Gasteiger partial charge >= 0.3 is 0 Å². The molecule has 1 heterocycles. The van der Waals surface area contributed by atoms with Crippen LogP contribution in [-0.4, -0.2) is 12.6 Å². The van der Waals surface area contributed by atoms with E-state index >= 15 is 0 Å². The summed E-state index contributed by atoms with van der Waals surface area (Å²) in [5, 5.41) is 5.97. The predicted octanol–water partition coefficient (Wildman–Crippen LogP) is 0.404. The molecule has 0 aliphatic carbocycles. The van der Waals surface area contributed by atoms with Crippen LogP contribution in [0.4, 0.5) is 0 Å². The molecular weight excluding hydrogens is 164 g/mol. The summed E-state index contributed by atoms with van der Waals surface area (Å²) in [6.07, 6.45) is 1.70. The third kappa shape index (κ3) is 1.70. The number of amides is 1. The summed E-state index contributed by atoms with van der Waals surface area (Å²) >= 11 is 0. The zero-order valence-electron chi connectivity index (χ0n) is 7.29. The van der Waals surface area contributed by atoms with Gasteiger partial charge in [0.05, 0.1) is 6.17 Å². The van der Waals surface area contributed by atoms with Gasteiger partial charge in [-0.25, -0.2) is 0 Å². The Labute approximate surface area is 77.1 Å². The minimum absolute atomic E-state index is 0.0902. The van der Waals surface area contributed by atoms with Gasteiger partial charge in [0.25, 0.3) is 0 Å². The van der Waals surface area contributed by atoms with Gasteiger partial charge in [0.2, 0.25) is 6.41 Å². The van der Waals surface area contributed by atoms with Gasteiger partial charge in [0.15, 0.2) is 0 Å². The maximum atomic E-state index is 10.2. The van der Waals surface area contributed by atoms with E-state index in [0.717, 1.165) is 19.4 Å². The van der Waals surface area contributed by atoms with Crippen molar-refractivity contribution < 1.29 is 4.79 Å². The number of nitrogens with one attached hydrogen (secondary N) is 2. The second-order valence-corrected chi connectivity index (χ2v) is 3.19. The molecule has 0 aromatic heterocycles. The molecule has 0 radical (unpaired) electrons. The molecule has 3 heteroatoms. The first-order valence-corrected chi connectivity index (χ1v) is 4.40. The highest BCUT2D eigenvalue weighted by Gasteiger charge is 2.15. The van der Waals surface area contributed by atoms with Crippen LogP contribution in [0.1, 0.15) is 11.1 Å².